The summed E-state index contributed by atoms with van der Waals surface area (Å²) in [5.41, 5.74) is 2.03. The van der Waals surface area contributed by atoms with Crippen molar-refractivity contribution >= 4 is 11.6 Å². The van der Waals surface area contributed by atoms with Crippen molar-refractivity contribution < 1.29 is 4.79 Å². The maximum absolute atomic E-state index is 12.0. The Morgan fingerprint density at radius 2 is 1.94 bits per heavy atom. The van der Waals surface area contributed by atoms with Crippen LogP contribution in [-0.4, -0.2) is 5.91 Å². The van der Waals surface area contributed by atoms with Crippen LogP contribution in [0.3, 0.4) is 0 Å². The molecule has 1 aromatic carbocycles. The van der Waals surface area contributed by atoms with E-state index >= 15 is 0 Å². The van der Waals surface area contributed by atoms with Crippen LogP contribution in [0.4, 0.5) is 5.69 Å². The predicted molar refractivity (Wildman–Crippen MR) is 75.3 cm³/mol. The van der Waals surface area contributed by atoms with Crippen LogP contribution in [0.1, 0.15) is 44.1 Å². The average Bonchev–Trinajstić information content (AvgIpc) is 2.40. The van der Waals surface area contributed by atoms with Crippen LogP contribution in [0.2, 0.25) is 0 Å². The fraction of sp³-hybridized carbons (Fsp3) is 0.500. The van der Waals surface area contributed by atoms with Gasteiger partial charge in [-0.15, -0.1) is 0 Å². The molecule has 0 unspecified atom stereocenters. The van der Waals surface area contributed by atoms with Gasteiger partial charge in [0.05, 0.1) is 0 Å². The second kappa shape index (κ2) is 6.58. The number of anilines is 1. The van der Waals surface area contributed by atoms with Crippen LogP contribution in [0, 0.1) is 12.8 Å². The second-order valence-electron chi connectivity index (χ2n) is 5.16. The number of rotatable bonds is 4. The van der Waals surface area contributed by atoms with Gasteiger partial charge in [-0.3, -0.25) is 4.79 Å². The molecule has 18 heavy (non-hydrogen) atoms. The third-order valence-corrected chi connectivity index (χ3v) is 3.76. The van der Waals surface area contributed by atoms with Gasteiger partial charge in [0.15, 0.2) is 0 Å². The van der Waals surface area contributed by atoms with Crippen molar-refractivity contribution in [3.8, 4) is 0 Å². The molecule has 0 aromatic heterocycles. The molecular formula is C16H22NO. The summed E-state index contributed by atoms with van der Waals surface area (Å²) in [6, 6.07) is 7.91. The quantitative estimate of drug-likeness (QED) is 0.853. The van der Waals surface area contributed by atoms with E-state index in [9.17, 15) is 4.79 Å². The summed E-state index contributed by atoms with van der Waals surface area (Å²) < 4.78 is 0. The summed E-state index contributed by atoms with van der Waals surface area (Å²) >= 11 is 0. The van der Waals surface area contributed by atoms with Gasteiger partial charge >= 0.3 is 0 Å². The number of hydrogen-bond donors (Lipinski definition) is 1. The molecule has 1 radical (unpaired) electrons. The topological polar surface area (TPSA) is 29.1 Å². The van der Waals surface area contributed by atoms with E-state index in [1.165, 1.54) is 32.1 Å². The summed E-state index contributed by atoms with van der Waals surface area (Å²) in [5.74, 6) is 0.744. The zero-order valence-corrected chi connectivity index (χ0v) is 11.0. The van der Waals surface area contributed by atoms with Crippen LogP contribution < -0.4 is 5.32 Å². The summed E-state index contributed by atoms with van der Waals surface area (Å²) in [4.78, 5) is 12.0. The molecule has 0 spiro atoms. The minimum atomic E-state index is 0.155. The van der Waals surface area contributed by atoms with E-state index < -0.39 is 0 Å². The number of carbonyl (C=O) groups is 1. The molecule has 1 N–H and O–H groups in total. The van der Waals surface area contributed by atoms with Gasteiger partial charge in [-0.25, -0.2) is 0 Å². The van der Waals surface area contributed by atoms with E-state index in [0.29, 0.717) is 18.8 Å². The highest BCUT2D eigenvalue weighted by Gasteiger charge is 2.17. The number of carbonyl (C=O) groups excluding carboxylic acids is 1. The number of amides is 1. The van der Waals surface area contributed by atoms with Crippen molar-refractivity contribution in [2.45, 2.75) is 44.9 Å². The van der Waals surface area contributed by atoms with Gasteiger partial charge < -0.3 is 5.32 Å². The molecule has 1 aliphatic rings. The molecule has 0 heterocycles. The van der Waals surface area contributed by atoms with Gasteiger partial charge in [-0.2, -0.15) is 0 Å². The summed E-state index contributed by atoms with van der Waals surface area (Å²) in [5, 5.41) is 3.03. The van der Waals surface area contributed by atoms with Crippen LogP contribution in [0.5, 0.6) is 0 Å². The molecule has 0 aliphatic heterocycles. The Bertz CT molecular complexity index is 394. The van der Waals surface area contributed by atoms with Gasteiger partial charge in [0, 0.05) is 12.1 Å². The Kier molecular flexibility index (Phi) is 4.80. The molecule has 0 atom stereocenters. The van der Waals surface area contributed by atoms with Crippen LogP contribution in [0.15, 0.2) is 24.3 Å². The molecule has 0 bridgehead atoms. The second-order valence-corrected chi connectivity index (χ2v) is 5.16. The minimum Gasteiger partial charge on any atom is -0.326 e. The van der Waals surface area contributed by atoms with Crippen molar-refractivity contribution in [3.63, 3.8) is 0 Å². The van der Waals surface area contributed by atoms with E-state index in [1.807, 2.05) is 24.3 Å². The lowest BCUT2D eigenvalue weighted by Gasteiger charge is -2.21. The smallest absolute Gasteiger partial charge is 0.224 e. The van der Waals surface area contributed by atoms with E-state index in [1.54, 1.807) is 0 Å². The predicted octanol–water partition coefficient (Wildman–Crippen LogP) is 3.97. The van der Waals surface area contributed by atoms with Crippen molar-refractivity contribution in [1.82, 2.24) is 0 Å². The van der Waals surface area contributed by atoms with E-state index in [4.69, 9.17) is 0 Å². The average molecular weight is 244 g/mol. The van der Waals surface area contributed by atoms with E-state index in [2.05, 4.69) is 12.2 Å². The first kappa shape index (κ1) is 13.1. The van der Waals surface area contributed by atoms with Crippen molar-refractivity contribution in [2.75, 3.05) is 5.32 Å². The number of nitrogens with one attached hydrogen (secondary N) is 1. The molecule has 1 aromatic rings. The van der Waals surface area contributed by atoms with Crippen molar-refractivity contribution in [1.29, 1.82) is 0 Å². The van der Waals surface area contributed by atoms with Gasteiger partial charge in [-0.1, -0.05) is 37.5 Å². The van der Waals surface area contributed by atoms with E-state index in [0.717, 1.165) is 11.3 Å². The molecule has 1 aliphatic carbocycles. The van der Waals surface area contributed by atoms with Crippen LogP contribution in [0.25, 0.3) is 0 Å². The fourth-order valence-corrected chi connectivity index (χ4v) is 2.71. The third kappa shape index (κ3) is 3.59. The Hall–Kier alpha value is -1.31. The van der Waals surface area contributed by atoms with Gasteiger partial charge in [0.1, 0.15) is 0 Å². The zero-order valence-electron chi connectivity index (χ0n) is 11.0. The minimum absolute atomic E-state index is 0.155. The third-order valence-electron chi connectivity index (χ3n) is 3.76. The largest absolute Gasteiger partial charge is 0.326 e. The lowest BCUT2D eigenvalue weighted by molar-refractivity contribution is -0.117. The molecular weight excluding hydrogens is 222 g/mol. The summed E-state index contributed by atoms with van der Waals surface area (Å²) in [6.45, 7) is 3.89. The zero-order chi connectivity index (χ0) is 12.8. The first-order chi connectivity index (χ1) is 8.79. The van der Waals surface area contributed by atoms with Crippen LogP contribution in [-0.2, 0) is 11.2 Å². The molecule has 1 saturated carbocycles. The van der Waals surface area contributed by atoms with Crippen molar-refractivity contribution in [2.24, 2.45) is 5.92 Å². The maximum atomic E-state index is 12.0. The van der Waals surface area contributed by atoms with Gasteiger partial charge in [0.2, 0.25) is 5.91 Å². The fourth-order valence-electron chi connectivity index (χ4n) is 2.71. The molecule has 2 rings (SSSR count). The van der Waals surface area contributed by atoms with Gasteiger partial charge in [-0.05, 0) is 43.7 Å². The molecule has 1 amide bonds. The number of benzene rings is 1. The molecule has 97 valence electrons. The highest BCUT2D eigenvalue weighted by molar-refractivity contribution is 5.91. The molecule has 1 fully saturated rings. The number of para-hydroxylation sites is 1. The highest BCUT2D eigenvalue weighted by atomic mass is 16.1. The highest BCUT2D eigenvalue weighted by Crippen LogP contribution is 2.26. The Balaban J connectivity index is 1.90. The summed E-state index contributed by atoms with van der Waals surface area (Å²) in [7, 11) is 0. The standard InChI is InChI=1S/C16H22NO/c1-2-14-10-6-7-11-15(14)17-16(18)12-13-8-4-3-5-9-13/h6-7,10-11,13H,1-5,8-9,12H2,(H,17,18). The normalized spacial score (nSPS) is 16.5. The van der Waals surface area contributed by atoms with Crippen molar-refractivity contribution in [3.05, 3.63) is 36.8 Å². The molecule has 0 saturated heterocycles. The number of hydrogen-bond acceptors (Lipinski definition) is 1. The Morgan fingerprint density at radius 1 is 1.22 bits per heavy atom. The molecule has 2 nitrogen and oxygen atoms in total. The Morgan fingerprint density at radius 3 is 2.67 bits per heavy atom. The lowest BCUT2D eigenvalue weighted by Crippen LogP contribution is -2.18. The first-order valence-electron chi connectivity index (χ1n) is 6.96. The maximum Gasteiger partial charge on any atom is 0.224 e. The van der Waals surface area contributed by atoms with Gasteiger partial charge in [0.25, 0.3) is 0 Å². The lowest BCUT2D eigenvalue weighted by atomic mass is 9.87. The Labute approximate surface area is 110 Å². The SMILES string of the molecule is [CH2]Cc1ccccc1NC(=O)CC1CCCCC1. The van der Waals surface area contributed by atoms with E-state index in [-0.39, 0.29) is 5.91 Å². The van der Waals surface area contributed by atoms with Crippen LogP contribution >= 0.6 is 0 Å². The monoisotopic (exact) mass is 244 g/mol. The summed E-state index contributed by atoms with van der Waals surface area (Å²) in [6.07, 6.45) is 7.71. The first-order valence-corrected chi connectivity index (χ1v) is 6.96. The molecule has 2 heteroatoms.